The molecule has 8 nitrogen and oxygen atoms in total. The number of benzene rings is 1. The number of rotatable bonds is 8. The van der Waals surface area contributed by atoms with E-state index in [1.165, 1.54) is 12.1 Å². The SMILES string of the molecule is COC(CNc1cc(Cl)nc(Cc2ccc([N+](=O)[O-])cc2)n1)OC. The molecule has 0 spiro atoms. The van der Waals surface area contributed by atoms with Crippen molar-refractivity contribution in [1.82, 2.24) is 9.97 Å². The van der Waals surface area contributed by atoms with Crippen LogP contribution in [0.3, 0.4) is 0 Å². The van der Waals surface area contributed by atoms with Crippen molar-refractivity contribution in [2.45, 2.75) is 12.7 Å². The lowest BCUT2D eigenvalue weighted by Gasteiger charge is -2.14. The summed E-state index contributed by atoms with van der Waals surface area (Å²) in [6, 6.07) is 7.83. The first-order valence-corrected chi connectivity index (χ1v) is 7.46. The number of aromatic nitrogens is 2. The first kappa shape index (κ1) is 18.1. The van der Waals surface area contributed by atoms with Crippen LogP contribution < -0.4 is 5.32 Å². The molecule has 0 saturated heterocycles. The highest BCUT2D eigenvalue weighted by Gasteiger charge is 2.09. The molecule has 0 aliphatic carbocycles. The Bertz CT molecular complexity index is 692. The number of anilines is 1. The molecule has 0 aliphatic rings. The van der Waals surface area contributed by atoms with Gasteiger partial charge in [-0.15, -0.1) is 0 Å². The van der Waals surface area contributed by atoms with Crippen LogP contribution in [0.25, 0.3) is 0 Å². The number of non-ortho nitro benzene ring substituents is 1. The van der Waals surface area contributed by atoms with E-state index in [1.807, 2.05) is 0 Å². The van der Waals surface area contributed by atoms with Crippen molar-refractivity contribution in [2.24, 2.45) is 0 Å². The number of methoxy groups -OCH3 is 2. The van der Waals surface area contributed by atoms with E-state index in [4.69, 9.17) is 21.1 Å². The second-order valence-electron chi connectivity index (χ2n) is 4.87. The van der Waals surface area contributed by atoms with Gasteiger partial charge in [0.25, 0.3) is 5.69 Å². The fraction of sp³-hybridized carbons (Fsp3) is 0.333. The molecule has 2 aromatic rings. The molecule has 1 N–H and O–H groups in total. The summed E-state index contributed by atoms with van der Waals surface area (Å²) in [5.41, 5.74) is 0.888. The molecule has 0 bridgehead atoms. The number of nitro groups is 1. The highest BCUT2D eigenvalue weighted by atomic mass is 35.5. The van der Waals surface area contributed by atoms with E-state index in [1.54, 1.807) is 32.4 Å². The number of hydrogen-bond acceptors (Lipinski definition) is 7. The molecule has 0 unspecified atom stereocenters. The number of nitro benzene ring substituents is 1. The summed E-state index contributed by atoms with van der Waals surface area (Å²) in [6.45, 7) is 0.400. The molecular formula is C15H17ClN4O4. The lowest BCUT2D eigenvalue weighted by Crippen LogP contribution is -2.24. The first-order chi connectivity index (χ1) is 11.5. The van der Waals surface area contributed by atoms with Crippen LogP contribution in [0, 0.1) is 10.1 Å². The van der Waals surface area contributed by atoms with Crippen LogP contribution in [-0.4, -0.2) is 41.9 Å². The summed E-state index contributed by atoms with van der Waals surface area (Å²) in [7, 11) is 3.09. The average molecular weight is 353 g/mol. The number of ether oxygens (including phenoxy) is 2. The van der Waals surface area contributed by atoms with E-state index in [0.29, 0.717) is 29.8 Å². The molecule has 0 radical (unpaired) electrons. The number of hydrogen-bond donors (Lipinski definition) is 1. The highest BCUT2D eigenvalue weighted by molar-refractivity contribution is 6.29. The third-order valence-electron chi connectivity index (χ3n) is 3.23. The Balaban J connectivity index is 2.08. The molecule has 9 heteroatoms. The molecule has 0 aliphatic heterocycles. The minimum atomic E-state index is -0.441. The molecule has 0 amide bonds. The maximum absolute atomic E-state index is 10.7. The summed E-state index contributed by atoms with van der Waals surface area (Å²) in [6.07, 6.45) is 0.00227. The molecule has 0 saturated carbocycles. The topological polar surface area (TPSA) is 99.4 Å². The predicted molar refractivity (Wildman–Crippen MR) is 89.2 cm³/mol. The molecule has 1 heterocycles. The second kappa shape index (κ2) is 8.53. The van der Waals surface area contributed by atoms with Gasteiger partial charge in [0.2, 0.25) is 0 Å². The van der Waals surface area contributed by atoms with Gasteiger partial charge in [0.15, 0.2) is 6.29 Å². The van der Waals surface area contributed by atoms with E-state index in [-0.39, 0.29) is 5.69 Å². The molecule has 2 rings (SSSR count). The van der Waals surface area contributed by atoms with Gasteiger partial charge in [0.05, 0.1) is 11.5 Å². The van der Waals surface area contributed by atoms with Crippen molar-refractivity contribution in [2.75, 3.05) is 26.1 Å². The van der Waals surface area contributed by atoms with E-state index >= 15 is 0 Å². The Hall–Kier alpha value is -2.29. The Kier molecular flexibility index (Phi) is 6.42. The van der Waals surface area contributed by atoms with Gasteiger partial charge in [-0.1, -0.05) is 23.7 Å². The predicted octanol–water partition coefficient (Wildman–Crippen LogP) is 2.66. The molecule has 1 aromatic heterocycles. The Morgan fingerprint density at radius 2 is 1.92 bits per heavy atom. The molecule has 0 atom stereocenters. The van der Waals surface area contributed by atoms with Gasteiger partial charge in [-0.05, 0) is 5.56 Å². The zero-order valence-corrected chi connectivity index (χ0v) is 14.0. The largest absolute Gasteiger partial charge is 0.365 e. The highest BCUT2D eigenvalue weighted by Crippen LogP contribution is 2.17. The zero-order chi connectivity index (χ0) is 17.5. The summed E-state index contributed by atoms with van der Waals surface area (Å²) in [5, 5.41) is 14.0. The van der Waals surface area contributed by atoms with Gasteiger partial charge in [0, 0.05) is 38.8 Å². The summed E-state index contributed by atoms with van der Waals surface area (Å²) >= 11 is 6.02. The van der Waals surface area contributed by atoms with Crippen molar-refractivity contribution in [3.63, 3.8) is 0 Å². The quantitative estimate of drug-likeness (QED) is 0.337. The van der Waals surface area contributed by atoms with Crippen LogP contribution in [0.5, 0.6) is 0 Å². The van der Waals surface area contributed by atoms with E-state index in [0.717, 1.165) is 5.56 Å². The maximum atomic E-state index is 10.7. The molecule has 24 heavy (non-hydrogen) atoms. The van der Waals surface area contributed by atoms with Crippen molar-refractivity contribution in [1.29, 1.82) is 0 Å². The second-order valence-corrected chi connectivity index (χ2v) is 5.26. The van der Waals surface area contributed by atoms with Gasteiger partial charge in [-0.25, -0.2) is 9.97 Å². The third-order valence-corrected chi connectivity index (χ3v) is 3.42. The third kappa shape index (κ3) is 5.12. The number of nitrogens with zero attached hydrogens (tertiary/aromatic N) is 3. The first-order valence-electron chi connectivity index (χ1n) is 7.08. The van der Waals surface area contributed by atoms with Crippen LogP contribution in [0.4, 0.5) is 11.5 Å². The molecular weight excluding hydrogens is 336 g/mol. The lowest BCUT2D eigenvalue weighted by molar-refractivity contribution is -0.384. The fourth-order valence-electron chi connectivity index (χ4n) is 2.00. The van der Waals surface area contributed by atoms with Crippen LogP contribution in [0.15, 0.2) is 30.3 Å². The normalized spacial score (nSPS) is 10.8. The number of nitrogens with one attached hydrogen (secondary N) is 1. The van der Waals surface area contributed by atoms with Crippen molar-refractivity contribution in [3.05, 3.63) is 57.0 Å². The van der Waals surface area contributed by atoms with Crippen molar-refractivity contribution >= 4 is 23.1 Å². The standard InChI is InChI=1S/C15H17ClN4O4/c1-23-15(24-2)9-17-13-8-12(16)18-14(19-13)7-10-3-5-11(6-4-10)20(21)22/h3-6,8,15H,7,9H2,1-2H3,(H,17,18,19). The average Bonchev–Trinajstić information content (AvgIpc) is 2.56. The number of halogens is 1. The summed E-state index contributed by atoms with van der Waals surface area (Å²) < 4.78 is 10.2. The minimum absolute atomic E-state index is 0.0401. The Morgan fingerprint density at radius 3 is 2.50 bits per heavy atom. The van der Waals surface area contributed by atoms with E-state index < -0.39 is 11.2 Å². The fourth-order valence-corrected chi connectivity index (χ4v) is 2.20. The lowest BCUT2D eigenvalue weighted by atomic mass is 10.1. The van der Waals surface area contributed by atoms with E-state index in [2.05, 4.69) is 15.3 Å². The summed E-state index contributed by atoms with van der Waals surface area (Å²) in [4.78, 5) is 18.8. The van der Waals surface area contributed by atoms with Crippen molar-refractivity contribution < 1.29 is 14.4 Å². The molecule has 1 aromatic carbocycles. The van der Waals surface area contributed by atoms with Gasteiger partial charge in [-0.2, -0.15) is 0 Å². The van der Waals surface area contributed by atoms with Crippen LogP contribution in [0.1, 0.15) is 11.4 Å². The minimum Gasteiger partial charge on any atom is -0.365 e. The monoisotopic (exact) mass is 352 g/mol. The Labute approximate surface area is 143 Å². The smallest absolute Gasteiger partial charge is 0.269 e. The van der Waals surface area contributed by atoms with Gasteiger partial charge in [-0.3, -0.25) is 10.1 Å². The summed E-state index contributed by atoms with van der Waals surface area (Å²) in [5.74, 6) is 1.05. The van der Waals surface area contributed by atoms with Gasteiger partial charge < -0.3 is 14.8 Å². The van der Waals surface area contributed by atoms with Gasteiger partial charge in [0.1, 0.15) is 16.8 Å². The van der Waals surface area contributed by atoms with E-state index in [9.17, 15) is 10.1 Å². The van der Waals surface area contributed by atoms with Crippen LogP contribution in [0.2, 0.25) is 5.15 Å². The van der Waals surface area contributed by atoms with Gasteiger partial charge >= 0.3 is 0 Å². The maximum Gasteiger partial charge on any atom is 0.269 e. The van der Waals surface area contributed by atoms with Crippen LogP contribution in [-0.2, 0) is 15.9 Å². The Morgan fingerprint density at radius 1 is 1.25 bits per heavy atom. The van der Waals surface area contributed by atoms with Crippen molar-refractivity contribution in [3.8, 4) is 0 Å². The molecule has 0 fully saturated rings. The zero-order valence-electron chi connectivity index (χ0n) is 13.2. The molecule has 128 valence electrons. The van der Waals surface area contributed by atoms with Crippen LogP contribution >= 0.6 is 11.6 Å².